The Morgan fingerprint density at radius 1 is 1.29 bits per heavy atom. The van der Waals surface area contributed by atoms with E-state index in [9.17, 15) is 17.2 Å². The van der Waals surface area contributed by atoms with Gasteiger partial charge in [-0.1, -0.05) is 12.8 Å². The first kappa shape index (κ1) is 17.0. The first-order valence-corrected chi connectivity index (χ1v) is 7.05. The van der Waals surface area contributed by atoms with Gasteiger partial charge in [-0.3, -0.25) is 0 Å². The van der Waals surface area contributed by atoms with Crippen molar-refractivity contribution in [3.63, 3.8) is 0 Å². The smallest absolute Gasteiger partial charge is 0.273 e. The molecule has 8 heteroatoms. The number of sulfonamides is 1. The summed E-state index contributed by atoms with van der Waals surface area (Å²) in [5.41, 5.74) is 4.81. The molecular formula is C9H19ClF2N2O2S. The Balaban J connectivity index is 0.00000256. The second-order valence-corrected chi connectivity index (χ2v) is 6.16. The van der Waals surface area contributed by atoms with Gasteiger partial charge in [-0.05, 0) is 18.8 Å². The molecule has 1 saturated carbocycles. The van der Waals surface area contributed by atoms with E-state index in [1.165, 1.54) is 0 Å². The standard InChI is InChI=1S/C9H18F2N2O2S.ClH/c10-9(11,6-12)7-13-16(14,15)5-8-3-1-2-4-8;/h8,13H,1-7,12H2;1H. The van der Waals surface area contributed by atoms with Crippen LogP contribution in [0.3, 0.4) is 0 Å². The minimum Gasteiger partial charge on any atom is -0.325 e. The summed E-state index contributed by atoms with van der Waals surface area (Å²) < 4.78 is 50.3. The molecule has 3 N–H and O–H groups in total. The first-order chi connectivity index (χ1) is 7.35. The zero-order valence-corrected chi connectivity index (χ0v) is 11.1. The van der Waals surface area contributed by atoms with E-state index in [0.29, 0.717) is 0 Å². The van der Waals surface area contributed by atoms with Gasteiger partial charge in [-0.15, -0.1) is 12.4 Å². The van der Waals surface area contributed by atoms with Crippen molar-refractivity contribution in [2.24, 2.45) is 11.7 Å². The summed E-state index contributed by atoms with van der Waals surface area (Å²) in [6, 6.07) is 0. The van der Waals surface area contributed by atoms with Crippen molar-refractivity contribution in [1.29, 1.82) is 0 Å². The van der Waals surface area contributed by atoms with Gasteiger partial charge < -0.3 is 5.73 Å². The summed E-state index contributed by atoms with van der Waals surface area (Å²) in [5.74, 6) is -3.10. The van der Waals surface area contributed by atoms with E-state index >= 15 is 0 Å². The molecule has 17 heavy (non-hydrogen) atoms. The van der Waals surface area contributed by atoms with E-state index in [2.05, 4.69) is 0 Å². The van der Waals surface area contributed by atoms with E-state index in [1.807, 2.05) is 4.72 Å². The zero-order chi connectivity index (χ0) is 12.2. The van der Waals surface area contributed by atoms with Crippen molar-refractivity contribution in [3.05, 3.63) is 0 Å². The average Bonchev–Trinajstić information content (AvgIpc) is 2.67. The molecular weight excluding hydrogens is 274 g/mol. The Labute approximate surface area is 107 Å². The molecule has 0 radical (unpaired) electrons. The molecule has 0 unspecified atom stereocenters. The molecule has 0 aromatic carbocycles. The van der Waals surface area contributed by atoms with Crippen molar-refractivity contribution in [1.82, 2.24) is 4.72 Å². The van der Waals surface area contributed by atoms with Gasteiger partial charge in [0.15, 0.2) is 0 Å². The molecule has 1 aliphatic rings. The highest BCUT2D eigenvalue weighted by atomic mass is 35.5. The molecule has 0 spiro atoms. The first-order valence-electron chi connectivity index (χ1n) is 5.40. The fraction of sp³-hybridized carbons (Fsp3) is 1.00. The third-order valence-electron chi connectivity index (χ3n) is 2.78. The molecule has 0 amide bonds. The van der Waals surface area contributed by atoms with Gasteiger partial charge in [0.1, 0.15) is 0 Å². The molecule has 0 heterocycles. The van der Waals surface area contributed by atoms with Crippen molar-refractivity contribution >= 4 is 22.4 Å². The summed E-state index contributed by atoms with van der Waals surface area (Å²) in [5, 5.41) is 0. The lowest BCUT2D eigenvalue weighted by Crippen LogP contribution is -2.42. The predicted molar refractivity (Wildman–Crippen MR) is 65.0 cm³/mol. The normalized spacial score (nSPS) is 18.1. The van der Waals surface area contributed by atoms with Crippen LogP contribution in [0.25, 0.3) is 0 Å². The zero-order valence-electron chi connectivity index (χ0n) is 9.49. The molecule has 104 valence electrons. The Morgan fingerprint density at radius 2 is 1.82 bits per heavy atom. The van der Waals surface area contributed by atoms with Crippen molar-refractivity contribution in [2.45, 2.75) is 31.6 Å². The number of alkyl halides is 2. The monoisotopic (exact) mass is 292 g/mol. The van der Waals surface area contributed by atoms with Crippen LogP contribution in [0, 0.1) is 5.92 Å². The summed E-state index contributed by atoms with van der Waals surface area (Å²) >= 11 is 0. The van der Waals surface area contributed by atoms with E-state index in [-0.39, 0.29) is 24.1 Å². The SMILES string of the molecule is Cl.NCC(F)(F)CNS(=O)(=O)CC1CCCC1. The molecule has 0 saturated heterocycles. The lowest BCUT2D eigenvalue weighted by Gasteiger charge is -2.16. The highest BCUT2D eigenvalue weighted by Gasteiger charge is 2.30. The van der Waals surface area contributed by atoms with Crippen LogP contribution in [0.1, 0.15) is 25.7 Å². The van der Waals surface area contributed by atoms with Gasteiger partial charge in [0.05, 0.1) is 18.8 Å². The number of halogens is 3. The Kier molecular flexibility index (Phi) is 6.83. The van der Waals surface area contributed by atoms with Gasteiger partial charge in [0, 0.05) is 0 Å². The number of hydrogen-bond donors (Lipinski definition) is 2. The molecule has 1 rings (SSSR count). The van der Waals surface area contributed by atoms with Crippen LogP contribution < -0.4 is 10.5 Å². The Morgan fingerprint density at radius 3 is 2.29 bits per heavy atom. The Hall–Kier alpha value is 0.0200. The van der Waals surface area contributed by atoms with E-state index in [0.717, 1.165) is 25.7 Å². The summed E-state index contributed by atoms with van der Waals surface area (Å²) in [6.07, 6.45) is 3.79. The van der Waals surface area contributed by atoms with E-state index in [1.54, 1.807) is 0 Å². The van der Waals surface area contributed by atoms with Crippen LogP contribution >= 0.6 is 12.4 Å². The predicted octanol–water partition coefficient (Wildman–Crippen LogP) is 1.11. The molecule has 0 aliphatic heterocycles. The second kappa shape index (κ2) is 6.82. The molecule has 0 aromatic heterocycles. The minimum atomic E-state index is -3.59. The molecule has 1 aliphatic carbocycles. The van der Waals surface area contributed by atoms with Crippen LogP contribution in [0.15, 0.2) is 0 Å². The minimum absolute atomic E-state index is 0. The van der Waals surface area contributed by atoms with Crippen LogP contribution in [0.4, 0.5) is 8.78 Å². The lowest BCUT2D eigenvalue weighted by atomic mass is 10.1. The van der Waals surface area contributed by atoms with Crippen molar-refractivity contribution < 1.29 is 17.2 Å². The number of nitrogens with two attached hydrogens (primary N) is 1. The van der Waals surface area contributed by atoms with Gasteiger partial charge in [-0.25, -0.2) is 21.9 Å². The summed E-state index contributed by atoms with van der Waals surface area (Å²) in [4.78, 5) is 0. The molecule has 0 aromatic rings. The van der Waals surface area contributed by atoms with E-state index < -0.39 is 29.0 Å². The lowest BCUT2D eigenvalue weighted by molar-refractivity contribution is 0.0170. The van der Waals surface area contributed by atoms with E-state index in [4.69, 9.17) is 5.73 Å². The maximum Gasteiger partial charge on any atom is 0.273 e. The highest BCUT2D eigenvalue weighted by Crippen LogP contribution is 2.25. The summed E-state index contributed by atoms with van der Waals surface area (Å²) in [6.45, 7) is -1.75. The molecule has 4 nitrogen and oxygen atoms in total. The van der Waals surface area contributed by atoms with Crippen LogP contribution in [0.2, 0.25) is 0 Å². The third kappa shape index (κ3) is 6.49. The Bertz CT molecular complexity index is 319. The summed E-state index contributed by atoms with van der Waals surface area (Å²) in [7, 11) is -3.59. The van der Waals surface area contributed by atoms with Gasteiger partial charge in [0.2, 0.25) is 10.0 Å². The fourth-order valence-electron chi connectivity index (χ4n) is 1.83. The maximum atomic E-state index is 12.7. The topological polar surface area (TPSA) is 72.2 Å². The quantitative estimate of drug-likeness (QED) is 0.770. The number of rotatable bonds is 6. The van der Waals surface area contributed by atoms with Gasteiger partial charge in [0.25, 0.3) is 5.92 Å². The maximum absolute atomic E-state index is 12.7. The molecule has 0 bridgehead atoms. The second-order valence-electron chi connectivity index (χ2n) is 4.31. The van der Waals surface area contributed by atoms with Crippen LogP contribution in [-0.2, 0) is 10.0 Å². The van der Waals surface area contributed by atoms with Crippen molar-refractivity contribution in [3.8, 4) is 0 Å². The van der Waals surface area contributed by atoms with Crippen LogP contribution in [0.5, 0.6) is 0 Å². The highest BCUT2D eigenvalue weighted by molar-refractivity contribution is 7.89. The fourth-order valence-corrected chi connectivity index (χ4v) is 3.34. The van der Waals surface area contributed by atoms with Gasteiger partial charge in [-0.2, -0.15) is 0 Å². The molecule has 0 atom stereocenters. The number of nitrogens with one attached hydrogen (secondary N) is 1. The van der Waals surface area contributed by atoms with Gasteiger partial charge >= 0.3 is 0 Å². The molecule has 1 fully saturated rings. The largest absolute Gasteiger partial charge is 0.325 e. The number of hydrogen-bond acceptors (Lipinski definition) is 3. The average molecular weight is 293 g/mol. The third-order valence-corrected chi connectivity index (χ3v) is 4.27. The van der Waals surface area contributed by atoms with Crippen molar-refractivity contribution in [2.75, 3.05) is 18.8 Å². The van der Waals surface area contributed by atoms with Crippen LogP contribution in [-0.4, -0.2) is 33.2 Å².